The van der Waals surface area contributed by atoms with Crippen molar-refractivity contribution in [2.45, 2.75) is 31.7 Å². The molecule has 1 aliphatic heterocycles. The summed E-state index contributed by atoms with van der Waals surface area (Å²) >= 11 is 0. The summed E-state index contributed by atoms with van der Waals surface area (Å²) in [5.41, 5.74) is 5.29. The van der Waals surface area contributed by atoms with Crippen LogP contribution >= 0.6 is 0 Å². The summed E-state index contributed by atoms with van der Waals surface area (Å²) in [6.45, 7) is 3.77. The van der Waals surface area contributed by atoms with Crippen LogP contribution in [-0.2, 0) is 9.47 Å². The molecule has 5 heteroatoms. The number of benzene rings is 1. The summed E-state index contributed by atoms with van der Waals surface area (Å²) < 4.78 is 16.5. The largest absolute Gasteiger partial charge is 0.485 e. The first kappa shape index (κ1) is 12.7. The van der Waals surface area contributed by atoms with Crippen LogP contribution in [0.25, 0.3) is 0 Å². The fourth-order valence-corrected chi connectivity index (χ4v) is 2.34. The van der Waals surface area contributed by atoms with Crippen molar-refractivity contribution in [2.75, 3.05) is 7.11 Å². The number of hydrogen-bond acceptors (Lipinski definition) is 4. The van der Waals surface area contributed by atoms with Crippen molar-refractivity contribution < 1.29 is 19.0 Å². The Morgan fingerprint density at radius 2 is 2.06 bits per heavy atom. The van der Waals surface area contributed by atoms with Crippen molar-refractivity contribution in [3.05, 3.63) is 29.8 Å². The molecular weight excluding hydrogens is 234 g/mol. The summed E-state index contributed by atoms with van der Waals surface area (Å²) in [4.78, 5) is 11.1. The third kappa shape index (κ3) is 2.13. The Labute approximate surface area is 106 Å². The highest BCUT2D eigenvalue weighted by atomic mass is 16.6. The summed E-state index contributed by atoms with van der Waals surface area (Å²) in [5, 5.41) is 0. The molecule has 5 nitrogen and oxygen atoms in total. The van der Waals surface area contributed by atoms with Gasteiger partial charge in [0, 0.05) is 12.7 Å². The SMILES string of the molecule is COC1C(OC(N)=O)c2ccccc2OC1(C)C. The molecule has 0 bridgehead atoms. The lowest BCUT2D eigenvalue weighted by molar-refractivity contribution is -0.129. The fraction of sp³-hybridized carbons (Fsp3) is 0.462. The number of fused-ring (bicyclic) bond motifs is 1. The Bertz CT molecular complexity index is 458. The molecule has 18 heavy (non-hydrogen) atoms. The quantitative estimate of drug-likeness (QED) is 0.872. The number of carbonyl (C=O) groups excluding carboxylic acids is 1. The van der Waals surface area contributed by atoms with Gasteiger partial charge in [0.2, 0.25) is 0 Å². The zero-order valence-corrected chi connectivity index (χ0v) is 10.7. The number of para-hydroxylation sites is 1. The zero-order chi connectivity index (χ0) is 13.3. The molecule has 1 aromatic carbocycles. The van der Waals surface area contributed by atoms with E-state index >= 15 is 0 Å². The second kappa shape index (κ2) is 4.49. The minimum Gasteiger partial charge on any atom is -0.485 e. The van der Waals surface area contributed by atoms with Crippen molar-refractivity contribution in [1.29, 1.82) is 0 Å². The van der Waals surface area contributed by atoms with Crippen molar-refractivity contribution >= 4 is 6.09 Å². The lowest BCUT2D eigenvalue weighted by atomic mass is 9.88. The van der Waals surface area contributed by atoms with E-state index in [0.29, 0.717) is 5.75 Å². The van der Waals surface area contributed by atoms with Crippen molar-refractivity contribution in [3.8, 4) is 5.75 Å². The number of amides is 1. The number of hydrogen-bond donors (Lipinski definition) is 1. The predicted octanol–water partition coefficient (Wildman–Crippen LogP) is 2.01. The maximum absolute atomic E-state index is 11.1. The van der Waals surface area contributed by atoms with Gasteiger partial charge >= 0.3 is 6.09 Å². The van der Waals surface area contributed by atoms with E-state index in [2.05, 4.69) is 0 Å². The van der Waals surface area contributed by atoms with E-state index in [9.17, 15) is 4.79 Å². The second-order valence-corrected chi connectivity index (χ2v) is 4.76. The number of methoxy groups -OCH3 is 1. The minimum absolute atomic E-state index is 0.417. The molecule has 2 atom stereocenters. The number of carbonyl (C=O) groups is 1. The standard InChI is InChI=1S/C13H17NO4/c1-13(2)11(16-3)10(17-12(14)15)8-6-4-5-7-9(8)18-13/h4-7,10-11H,1-3H3,(H2,14,15). The Morgan fingerprint density at radius 3 is 2.67 bits per heavy atom. The maximum Gasteiger partial charge on any atom is 0.405 e. The molecule has 2 N–H and O–H groups in total. The molecule has 2 rings (SSSR count). The van der Waals surface area contributed by atoms with Crippen LogP contribution in [0.15, 0.2) is 24.3 Å². The van der Waals surface area contributed by atoms with Gasteiger partial charge in [-0.1, -0.05) is 18.2 Å². The number of primary amides is 1. The Hall–Kier alpha value is -1.75. The van der Waals surface area contributed by atoms with Crippen molar-refractivity contribution in [3.63, 3.8) is 0 Å². The van der Waals surface area contributed by atoms with E-state index in [1.807, 2.05) is 38.1 Å². The Balaban J connectivity index is 2.47. The van der Waals surface area contributed by atoms with Crippen LogP contribution in [0, 0.1) is 0 Å². The van der Waals surface area contributed by atoms with Gasteiger partial charge in [-0.05, 0) is 19.9 Å². The molecule has 0 aliphatic carbocycles. The van der Waals surface area contributed by atoms with Gasteiger partial charge in [0.1, 0.15) is 17.5 Å². The fourth-order valence-electron chi connectivity index (χ4n) is 2.34. The lowest BCUT2D eigenvalue weighted by Crippen LogP contribution is -2.51. The van der Waals surface area contributed by atoms with E-state index < -0.39 is 23.9 Å². The van der Waals surface area contributed by atoms with Crippen LogP contribution < -0.4 is 10.5 Å². The normalized spacial score (nSPS) is 24.8. The van der Waals surface area contributed by atoms with E-state index in [4.69, 9.17) is 19.9 Å². The molecule has 98 valence electrons. The highest BCUT2D eigenvalue weighted by Gasteiger charge is 2.46. The molecular formula is C13H17NO4. The van der Waals surface area contributed by atoms with Crippen LogP contribution in [-0.4, -0.2) is 24.9 Å². The first-order valence-electron chi connectivity index (χ1n) is 5.72. The Kier molecular flexibility index (Phi) is 3.17. The first-order chi connectivity index (χ1) is 8.45. The van der Waals surface area contributed by atoms with Gasteiger partial charge in [-0.15, -0.1) is 0 Å². The smallest absolute Gasteiger partial charge is 0.405 e. The van der Waals surface area contributed by atoms with E-state index in [1.54, 1.807) is 7.11 Å². The average Bonchev–Trinajstić information content (AvgIpc) is 2.27. The average molecular weight is 251 g/mol. The second-order valence-electron chi connectivity index (χ2n) is 4.76. The van der Waals surface area contributed by atoms with E-state index in [0.717, 1.165) is 5.56 Å². The molecule has 1 aliphatic rings. The lowest BCUT2D eigenvalue weighted by Gasteiger charge is -2.42. The molecule has 0 aromatic heterocycles. The third-order valence-electron chi connectivity index (χ3n) is 3.06. The van der Waals surface area contributed by atoms with E-state index in [1.165, 1.54) is 0 Å². The summed E-state index contributed by atoms with van der Waals surface area (Å²) in [5.74, 6) is 0.682. The topological polar surface area (TPSA) is 70.8 Å². The van der Waals surface area contributed by atoms with Gasteiger partial charge in [0.05, 0.1) is 0 Å². The predicted molar refractivity (Wildman–Crippen MR) is 65.4 cm³/mol. The van der Waals surface area contributed by atoms with Crippen molar-refractivity contribution in [1.82, 2.24) is 0 Å². The van der Waals surface area contributed by atoms with Gasteiger partial charge in [-0.2, -0.15) is 0 Å². The van der Waals surface area contributed by atoms with Gasteiger partial charge in [0.25, 0.3) is 0 Å². The van der Waals surface area contributed by atoms with Crippen LogP contribution in [0.3, 0.4) is 0 Å². The molecule has 0 spiro atoms. The molecule has 0 saturated carbocycles. The van der Waals surface area contributed by atoms with Gasteiger partial charge in [-0.3, -0.25) is 0 Å². The van der Waals surface area contributed by atoms with E-state index in [-0.39, 0.29) is 0 Å². The van der Waals surface area contributed by atoms with Crippen LogP contribution in [0.4, 0.5) is 4.79 Å². The molecule has 1 aromatic rings. The van der Waals surface area contributed by atoms with Crippen LogP contribution in [0.1, 0.15) is 25.5 Å². The van der Waals surface area contributed by atoms with Crippen LogP contribution in [0.2, 0.25) is 0 Å². The third-order valence-corrected chi connectivity index (χ3v) is 3.06. The summed E-state index contributed by atoms with van der Waals surface area (Å²) in [6.07, 6.45) is -1.80. The van der Waals surface area contributed by atoms with Gasteiger partial charge < -0.3 is 19.9 Å². The van der Waals surface area contributed by atoms with Crippen molar-refractivity contribution in [2.24, 2.45) is 5.73 Å². The van der Waals surface area contributed by atoms with Gasteiger partial charge in [0.15, 0.2) is 6.10 Å². The molecule has 0 saturated heterocycles. The molecule has 1 heterocycles. The minimum atomic E-state index is -0.824. The molecule has 0 fully saturated rings. The molecule has 0 radical (unpaired) electrons. The molecule has 2 unspecified atom stereocenters. The highest BCUT2D eigenvalue weighted by Crippen LogP contribution is 2.42. The Morgan fingerprint density at radius 1 is 1.39 bits per heavy atom. The number of ether oxygens (including phenoxy) is 3. The maximum atomic E-state index is 11.1. The summed E-state index contributed by atoms with van der Waals surface area (Å²) in [7, 11) is 1.56. The number of rotatable bonds is 2. The summed E-state index contributed by atoms with van der Waals surface area (Å²) in [6, 6.07) is 7.39. The highest BCUT2D eigenvalue weighted by molar-refractivity contribution is 5.65. The molecule has 1 amide bonds. The van der Waals surface area contributed by atoms with Gasteiger partial charge in [-0.25, -0.2) is 4.79 Å². The number of nitrogens with two attached hydrogens (primary N) is 1. The van der Waals surface area contributed by atoms with Crippen LogP contribution in [0.5, 0.6) is 5.75 Å². The zero-order valence-electron chi connectivity index (χ0n) is 10.7. The first-order valence-corrected chi connectivity index (χ1v) is 5.72. The monoisotopic (exact) mass is 251 g/mol.